The molecule has 21 heavy (non-hydrogen) atoms. The van der Waals surface area contributed by atoms with Gasteiger partial charge in [-0.25, -0.2) is 0 Å². The first-order valence-corrected chi connectivity index (χ1v) is 8.28. The molecule has 0 aliphatic heterocycles. The molecule has 1 aromatic carbocycles. The standard InChI is InChI=1S/C16H23Cl2NO2/c1-11-3-2-4-16(5-11)21-10-15(20)9-19-14-7-12(17)6-13(18)8-14/h6-8,11,15-16,19-20H,2-5,9-10H2,1H3. The molecule has 0 bridgehead atoms. The zero-order valence-corrected chi connectivity index (χ0v) is 13.8. The summed E-state index contributed by atoms with van der Waals surface area (Å²) in [6.07, 6.45) is 4.48. The van der Waals surface area contributed by atoms with Gasteiger partial charge in [0.05, 0.1) is 18.8 Å². The summed E-state index contributed by atoms with van der Waals surface area (Å²) in [5, 5.41) is 14.3. The third-order valence-corrected chi connectivity index (χ3v) is 4.25. The third kappa shape index (κ3) is 6.03. The van der Waals surface area contributed by atoms with E-state index >= 15 is 0 Å². The average molecular weight is 332 g/mol. The topological polar surface area (TPSA) is 41.5 Å². The summed E-state index contributed by atoms with van der Waals surface area (Å²) in [5.41, 5.74) is 0.804. The lowest BCUT2D eigenvalue weighted by Crippen LogP contribution is -2.30. The Labute approximate surface area is 136 Å². The molecule has 5 heteroatoms. The van der Waals surface area contributed by atoms with Crippen molar-refractivity contribution in [1.82, 2.24) is 0 Å². The van der Waals surface area contributed by atoms with Crippen LogP contribution in [0.25, 0.3) is 0 Å². The molecule has 0 aromatic heterocycles. The van der Waals surface area contributed by atoms with Crippen molar-refractivity contribution in [1.29, 1.82) is 0 Å². The van der Waals surface area contributed by atoms with Gasteiger partial charge in [-0.15, -0.1) is 0 Å². The average Bonchev–Trinajstić information content (AvgIpc) is 2.42. The van der Waals surface area contributed by atoms with Crippen LogP contribution < -0.4 is 5.32 Å². The second kappa shape index (κ2) is 8.23. The number of anilines is 1. The minimum atomic E-state index is -0.542. The normalized spacial score (nSPS) is 23.8. The lowest BCUT2D eigenvalue weighted by atomic mass is 9.89. The van der Waals surface area contributed by atoms with E-state index in [2.05, 4.69) is 12.2 Å². The second-order valence-corrected chi connectivity index (χ2v) is 6.79. The van der Waals surface area contributed by atoms with Gasteiger partial charge in [0.25, 0.3) is 0 Å². The smallest absolute Gasteiger partial charge is 0.0945 e. The molecule has 118 valence electrons. The molecular formula is C16H23Cl2NO2. The fraction of sp³-hybridized carbons (Fsp3) is 0.625. The molecule has 0 radical (unpaired) electrons. The molecule has 1 fully saturated rings. The van der Waals surface area contributed by atoms with E-state index in [-0.39, 0.29) is 0 Å². The summed E-state index contributed by atoms with van der Waals surface area (Å²) in [6, 6.07) is 5.24. The summed E-state index contributed by atoms with van der Waals surface area (Å²) in [4.78, 5) is 0. The van der Waals surface area contributed by atoms with Gasteiger partial charge in [0.2, 0.25) is 0 Å². The van der Waals surface area contributed by atoms with Crippen LogP contribution in [0.1, 0.15) is 32.6 Å². The molecule has 2 rings (SSSR count). The van der Waals surface area contributed by atoms with E-state index in [0.717, 1.165) is 24.4 Å². The van der Waals surface area contributed by atoms with Crippen LogP contribution in [0.15, 0.2) is 18.2 Å². The van der Waals surface area contributed by atoms with Crippen molar-refractivity contribution in [2.45, 2.75) is 44.8 Å². The highest BCUT2D eigenvalue weighted by atomic mass is 35.5. The van der Waals surface area contributed by atoms with Gasteiger partial charge in [0.15, 0.2) is 0 Å². The van der Waals surface area contributed by atoms with Crippen molar-refractivity contribution in [2.75, 3.05) is 18.5 Å². The third-order valence-electron chi connectivity index (χ3n) is 3.82. The highest BCUT2D eigenvalue weighted by molar-refractivity contribution is 6.35. The van der Waals surface area contributed by atoms with Crippen LogP contribution >= 0.6 is 23.2 Å². The number of aliphatic hydroxyl groups excluding tert-OH is 1. The summed E-state index contributed by atoms with van der Waals surface area (Å²) in [7, 11) is 0. The van der Waals surface area contributed by atoms with Gasteiger partial charge in [-0.3, -0.25) is 0 Å². The maximum atomic E-state index is 9.99. The van der Waals surface area contributed by atoms with Crippen molar-refractivity contribution in [3.63, 3.8) is 0 Å². The van der Waals surface area contributed by atoms with Crippen molar-refractivity contribution in [2.24, 2.45) is 5.92 Å². The number of benzene rings is 1. The number of halogens is 2. The Morgan fingerprint density at radius 3 is 2.67 bits per heavy atom. The van der Waals surface area contributed by atoms with Crippen molar-refractivity contribution in [3.8, 4) is 0 Å². The van der Waals surface area contributed by atoms with E-state index in [1.165, 1.54) is 12.8 Å². The molecule has 3 atom stereocenters. The Bertz CT molecular complexity index is 436. The maximum Gasteiger partial charge on any atom is 0.0945 e. The molecular weight excluding hydrogens is 309 g/mol. The Kier molecular flexibility index (Phi) is 6.62. The zero-order valence-electron chi connectivity index (χ0n) is 12.3. The van der Waals surface area contributed by atoms with Crippen molar-refractivity contribution in [3.05, 3.63) is 28.2 Å². The quantitative estimate of drug-likeness (QED) is 0.813. The Hall–Kier alpha value is -0.480. The number of aliphatic hydroxyl groups is 1. The predicted molar refractivity (Wildman–Crippen MR) is 88.3 cm³/mol. The Morgan fingerprint density at radius 2 is 2.00 bits per heavy atom. The van der Waals surface area contributed by atoms with E-state index in [4.69, 9.17) is 27.9 Å². The number of rotatable bonds is 6. The number of ether oxygens (including phenoxy) is 1. The largest absolute Gasteiger partial charge is 0.389 e. The van der Waals surface area contributed by atoms with E-state index in [1.807, 2.05) is 0 Å². The number of hydrogen-bond donors (Lipinski definition) is 2. The van der Waals surface area contributed by atoms with Crippen LogP contribution in [0, 0.1) is 5.92 Å². The van der Waals surface area contributed by atoms with E-state index < -0.39 is 6.10 Å². The number of nitrogens with one attached hydrogen (secondary N) is 1. The summed E-state index contributed by atoms with van der Waals surface area (Å²) in [6.45, 7) is 3.04. The van der Waals surface area contributed by atoms with Crippen LogP contribution in [-0.2, 0) is 4.74 Å². The van der Waals surface area contributed by atoms with Gasteiger partial charge >= 0.3 is 0 Å². The maximum absolute atomic E-state index is 9.99. The molecule has 1 aromatic rings. The summed E-state index contributed by atoms with van der Waals surface area (Å²) >= 11 is 11.9. The molecule has 1 aliphatic rings. The summed E-state index contributed by atoms with van der Waals surface area (Å²) in [5.74, 6) is 0.729. The minimum Gasteiger partial charge on any atom is -0.389 e. The van der Waals surface area contributed by atoms with Crippen LogP contribution in [0.4, 0.5) is 5.69 Å². The second-order valence-electron chi connectivity index (χ2n) is 5.92. The van der Waals surface area contributed by atoms with E-state index in [1.54, 1.807) is 18.2 Å². The first-order chi connectivity index (χ1) is 10.0. The minimum absolute atomic E-state index is 0.295. The lowest BCUT2D eigenvalue weighted by molar-refractivity contribution is -0.0274. The van der Waals surface area contributed by atoms with Crippen LogP contribution in [-0.4, -0.2) is 30.5 Å². The molecule has 0 heterocycles. The molecule has 0 spiro atoms. The van der Waals surface area contributed by atoms with Gasteiger partial charge in [0.1, 0.15) is 0 Å². The predicted octanol–water partition coefficient (Wildman–Crippen LogP) is 4.36. The molecule has 0 saturated heterocycles. The van der Waals surface area contributed by atoms with Gasteiger partial charge in [-0.1, -0.05) is 43.0 Å². The van der Waals surface area contributed by atoms with Crippen LogP contribution in [0.2, 0.25) is 10.0 Å². The van der Waals surface area contributed by atoms with E-state index in [0.29, 0.717) is 29.3 Å². The van der Waals surface area contributed by atoms with Gasteiger partial charge in [-0.05, 0) is 37.0 Å². The van der Waals surface area contributed by atoms with Crippen molar-refractivity contribution < 1.29 is 9.84 Å². The highest BCUT2D eigenvalue weighted by Gasteiger charge is 2.20. The molecule has 2 N–H and O–H groups in total. The Morgan fingerprint density at radius 1 is 1.29 bits per heavy atom. The molecule has 3 nitrogen and oxygen atoms in total. The first-order valence-electron chi connectivity index (χ1n) is 7.52. The number of hydrogen-bond acceptors (Lipinski definition) is 3. The van der Waals surface area contributed by atoms with Crippen LogP contribution in [0.3, 0.4) is 0 Å². The van der Waals surface area contributed by atoms with Gasteiger partial charge in [-0.2, -0.15) is 0 Å². The first kappa shape index (κ1) is 16.9. The molecule has 0 amide bonds. The molecule has 1 aliphatic carbocycles. The fourth-order valence-corrected chi connectivity index (χ4v) is 3.25. The molecule has 3 unspecified atom stereocenters. The SMILES string of the molecule is CC1CCCC(OCC(O)CNc2cc(Cl)cc(Cl)c2)C1. The van der Waals surface area contributed by atoms with Gasteiger partial charge < -0.3 is 15.2 Å². The Balaban J connectivity index is 1.70. The zero-order chi connectivity index (χ0) is 15.2. The summed E-state index contributed by atoms with van der Waals surface area (Å²) < 4.78 is 5.81. The van der Waals surface area contributed by atoms with E-state index in [9.17, 15) is 5.11 Å². The van der Waals surface area contributed by atoms with Gasteiger partial charge in [0, 0.05) is 22.3 Å². The highest BCUT2D eigenvalue weighted by Crippen LogP contribution is 2.26. The lowest BCUT2D eigenvalue weighted by Gasteiger charge is -2.27. The van der Waals surface area contributed by atoms with Crippen molar-refractivity contribution >= 4 is 28.9 Å². The fourth-order valence-electron chi connectivity index (χ4n) is 2.73. The van der Waals surface area contributed by atoms with Crippen LogP contribution in [0.5, 0.6) is 0 Å². The monoisotopic (exact) mass is 331 g/mol. The molecule has 1 saturated carbocycles.